The molecule has 9 rings (SSSR count). The van der Waals surface area contributed by atoms with Crippen molar-refractivity contribution >= 4 is 28.7 Å². The van der Waals surface area contributed by atoms with Gasteiger partial charge in [0, 0.05) is 7.11 Å². The molecule has 8 unspecified atom stereocenters. The molecule has 13 heteroatoms. The molecule has 8 aromatic rings. The number of hydrogen-bond acceptors (Lipinski definition) is 13. The SMILES string of the molecule is COC(COCc1ccccc1)C(OCc1ccccc1)C(OC1OC(COC(=O)c2ccccc2)C(OC(=O)c2ccccc2)C(OCc2ccc3ccccc3c2)C1OCc1ccccc1)[C@@H](C)OC(=O)c1ccccc1. The van der Waals surface area contributed by atoms with Crippen LogP contribution in [0.25, 0.3) is 10.8 Å². The first-order chi connectivity index (χ1) is 38.8. The second-order valence-corrected chi connectivity index (χ2v) is 19.1. The number of carbonyl (C=O) groups excluding carboxylic acids is 3. The first-order valence-corrected chi connectivity index (χ1v) is 26.4. The number of carbonyl (C=O) groups is 3. The number of esters is 3. The largest absolute Gasteiger partial charge is 0.459 e. The van der Waals surface area contributed by atoms with Crippen LogP contribution in [0.15, 0.2) is 224 Å². The molecule has 8 aromatic carbocycles. The predicted molar refractivity (Wildman–Crippen MR) is 297 cm³/mol. The highest BCUT2D eigenvalue weighted by Gasteiger charge is 2.53. The number of methoxy groups -OCH3 is 1. The smallest absolute Gasteiger partial charge is 0.338 e. The van der Waals surface area contributed by atoms with Crippen molar-refractivity contribution in [3.8, 4) is 0 Å². The molecule has 0 bridgehead atoms. The quantitative estimate of drug-likeness (QED) is 0.0375. The van der Waals surface area contributed by atoms with E-state index in [1.165, 1.54) is 0 Å². The minimum atomic E-state index is -1.44. The lowest BCUT2D eigenvalue weighted by Gasteiger charge is -2.47. The summed E-state index contributed by atoms with van der Waals surface area (Å²) in [5, 5.41) is 2.04. The zero-order valence-corrected chi connectivity index (χ0v) is 44.1. The Hall–Kier alpha value is -7.85. The molecule has 0 spiro atoms. The highest BCUT2D eigenvalue weighted by Crippen LogP contribution is 2.35. The van der Waals surface area contributed by atoms with Crippen LogP contribution >= 0.6 is 0 Å². The highest BCUT2D eigenvalue weighted by molar-refractivity contribution is 5.90. The fourth-order valence-corrected chi connectivity index (χ4v) is 9.33. The van der Waals surface area contributed by atoms with Crippen LogP contribution in [0.2, 0.25) is 0 Å². The predicted octanol–water partition coefficient (Wildman–Crippen LogP) is 11.6. The van der Waals surface area contributed by atoms with E-state index in [4.69, 9.17) is 47.4 Å². The van der Waals surface area contributed by atoms with Crippen LogP contribution in [0.1, 0.15) is 60.3 Å². The second kappa shape index (κ2) is 28.7. The van der Waals surface area contributed by atoms with Crippen LogP contribution in [0.4, 0.5) is 0 Å². The van der Waals surface area contributed by atoms with Gasteiger partial charge in [0.05, 0.1) is 49.7 Å². The number of ether oxygens (including phenoxy) is 10. The van der Waals surface area contributed by atoms with E-state index in [1.54, 1.807) is 99.0 Å². The lowest BCUT2D eigenvalue weighted by molar-refractivity contribution is -0.341. The van der Waals surface area contributed by atoms with Crippen molar-refractivity contribution in [3.05, 3.63) is 263 Å². The average molecular weight is 1070 g/mol. The summed E-state index contributed by atoms with van der Waals surface area (Å²) in [5.41, 5.74) is 4.30. The number of benzene rings is 8. The van der Waals surface area contributed by atoms with E-state index in [2.05, 4.69) is 0 Å². The van der Waals surface area contributed by atoms with Crippen molar-refractivity contribution in [2.45, 2.75) is 88.5 Å². The van der Waals surface area contributed by atoms with Gasteiger partial charge in [-0.05, 0) is 82.4 Å². The normalized spacial score (nSPS) is 18.6. The van der Waals surface area contributed by atoms with E-state index in [-0.39, 0.29) is 38.6 Å². The monoisotopic (exact) mass is 1060 g/mol. The average Bonchev–Trinajstić information content (AvgIpc) is 3.54. The molecule has 1 aliphatic rings. The minimum absolute atomic E-state index is 0.0190. The van der Waals surface area contributed by atoms with Gasteiger partial charge in [0.2, 0.25) is 0 Å². The summed E-state index contributed by atoms with van der Waals surface area (Å²) in [4.78, 5) is 42.4. The molecule has 0 radical (unpaired) electrons. The lowest BCUT2D eigenvalue weighted by atomic mass is 9.96. The second-order valence-electron chi connectivity index (χ2n) is 19.1. The highest BCUT2D eigenvalue weighted by atomic mass is 16.7. The van der Waals surface area contributed by atoms with Gasteiger partial charge in [-0.3, -0.25) is 0 Å². The van der Waals surface area contributed by atoms with E-state index in [0.717, 1.165) is 33.0 Å². The number of fused-ring (bicyclic) bond motifs is 1. The molecule has 0 N–H and O–H groups in total. The first-order valence-electron chi connectivity index (χ1n) is 26.4. The molecule has 406 valence electrons. The molecule has 0 aromatic heterocycles. The van der Waals surface area contributed by atoms with Crippen molar-refractivity contribution in [3.63, 3.8) is 0 Å². The summed E-state index contributed by atoms with van der Waals surface area (Å²) in [6.07, 6.45) is -10.5. The molecular weight excluding hydrogens is 1000 g/mol. The summed E-state index contributed by atoms with van der Waals surface area (Å²) < 4.78 is 66.9. The van der Waals surface area contributed by atoms with Gasteiger partial charge in [-0.25, -0.2) is 14.4 Å². The van der Waals surface area contributed by atoms with E-state index < -0.39 is 79.6 Å². The van der Waals surface area contributed by atoms with Crippen molar-refractivity contribution in [1.29, 1.82) is 0 Å². The van der Waals surface area contributed by atoms with E-state index in [0.29, 0.717) is 11.1 Å². The van der Waals surface area contributed by atoms with Crippen LogP contribution in [-0.4, -0.2) is 93.4 Å². The third kappa shape index (κ3) is 15.7. The Morgan fingerprint density at radius 3 is 1.57 bits per heavy atom. The Morgan fingerprint density at radius 2 is 0.975 bits per heavy atom. The summed E-state index contributed by atoms with van der Waals surface area (Å²) in [6.45, 7) is 1.72. The lowest BCUT2D eigenvalue weighted by Crippen LogP contribution is -2.64. The van der Waals surface area contributed by atoms with E-state index in [1.807, 2.05) is 140 Å². The van der Waals surface area contributed by atoms with Crippen LogP contribution < -0.4 is 0 Å². The molecular formula is C66H64O13. The molecule has 1 saturated heterocycles. The summed E-state index contributed by atoms with van der Waals surface area (Å²) in [5.74, 6) is -1.94. The number of rotatable bonds is 26. The maximum absolute atomic E-state index is 14.4. The number of hydrogen-bond donors (Lipinski definition) is 0. The van der Waals surface area contributed by atoms with Crippen molar-refractivity contribution < 1.29 is 61.8 Å². The topological polar surface area (TPSA) is 144 Å². The minimum Gasteiger partial charge on any atom is -0.459 e. The third-order valence-corrected chi connectivity index (χ3v) is 13.5. The van der Waals surface area contributed by atoms with Gasteiger partial charge in [-0.2, -0.15) is 0 Å². The Balaban J connectivity index is 1.15. The van der Waals surface area contributed by atoms with Gasteiger partial charge in [0.25, 0.3) is 0 Å². The fraction of sp³-hybridized carbons (Fsp3) is 0.258. The van der Waals surface area contributed by atoms with Crippen LogP contribution in [0.5, 0.6) is 0 Å². The molecule has 0 aliphatic carbocycles. The van der Waals surface area contributed by atoms with Crippen molar-refractivity contribution in [1.82, 2.24) is 0 Å². The zero-order valence-electron chi connectivity index (χ0n) is 44.1. The molecule has 79 heavy (non-hydrogen) atoms. The van der Waals surface area contributed by atoms with Gasteiger partial charge in [-0.1, -0.05) is 182 Å². The van der Waals surface area contributed by atoms with Gasteiger partial charge >= 0.3 is 17.9 Å². The maximum atomic E-state index is 14.4. The van der Waals surface area contributed by atoms with Crippen molar-refractivity contribution in [2.75, 3.05) is 20.3 Å². The molecule has 1 heterocycles. The zero-order chi connectivity index (χ0) is 54.6. The Morgan fingerprint density at radius 1 is 0.481 bits per heavy atom. The standard InChI is InChI=1S/C66H64O13/c1-46(76-64(68)53-32-17-7-18-33-53)58(59(72-41-48-25-11-4-12-26-48)56(70-2)44-71-40-47-23-9-3-10-24-47)79-66-62(74-42-49-27-13-5-14-28-49)61(73-43-50-37-38-51-29-21-22-36-55(51)39-50)60(78-65(69)54-34-19-8-20-35-54)57(77-66)45-75-63(67)52-30-15-6-16-31-52/h3-39,46,56-62,66H,40-45H2,1-2H3/t46-,56?,57?,58?,59?,60?,61?,62?,66?/m1/s1. The molecule has 0 saturated carbocycles. The molecule has 13 nitrogen and oxygen atoms in total. The maximum Gasteiger partial charge on any atom is 0.338 e. The fourth-order valence-electron chi connectivity index (χ4n) is 9.33. The summed E-state index contributed by atoms with van der Waals surface area (Å²) in [6, 6.07) is 68.7. The summed E-state index contributed by atoms with van der Waals surface area (Å²) in [7, 11) is 1.55. The van der Waals surface area contributed by atoms with E-state index >= 15 is 0 Å². The molecule has 0 amide bonds. The Bertz CT molecular complexity index is 3110. The van der Waals surface area contributed by atoms with Crippen LogP contribution in [0.3, 0.4) is 0 Å². The molecule has 9 atom stereocenters. The van der Waals surface area contributed by atoms with Gasteiger partial charge in [-0.15, -0.1) is 0 Å². The molecule has 1 fully saturated rings. The van der Waals surface area contributed by atoms with Crippen molar-refractivity contribution in [2.24, 2.45) is 0 Å². The molecule has 1 aliphatic heterocycles. The summed E-state index contributed by atoms with van der Waals surface area (Å²) >= 11 is 0. The van der Waals surface area contributed by atoms with Gasteiger partial charge < -0.3 is 47.4 Å². The Kier molecular flexibility index (Phi) is 20.3. The van der Waals surface area contributed by atoms with E-state index in [9.17, 15) is 14.4 Å². The van der Waals surface area contributed by atoms with Crippen LogP contribution in [-0.2, 0) is 73.8 Å². The first kappa shape index (κ1) is 55.9. The van der Waals surface area contributed by atoms with Gasteiger partial charge in [0.1, 0.15) is 49.3 Å². The Labute approximate surface area is 460 Å². The third-order valence-electron chi connectivity index (χ3n) is 13.5. The van der Waals surface area contributed by atoms with Crippen LogP contribution in [0, 0.1) is 0 Å². The van der Waals surface area contributed by atoms with Gasteiger partial charge in [0.15, 0.2) is 12.4 Å².